The van der Waals surface area contributed by atoms with Crippen molar-refractivity contribution in [3.05, 3.63) is 83.6 Å². The number of hydrogen-bond acceptors (Lipinski definition) is 7. The van der Waals surface area contributed by atoms with E-state index in [4.69, 9.17) is 24.3 Å². The molecule has 0 unspecified atom stereocenters. The van der Waals surface area contributed by atoms with Gasteiger partial charge in [0, 0.05) is 34.7 Å². The second kappa shape index (κ2) is 14.2. The molecule has 0 spiro atoms. The Kier molecular flexibility index (Phi) is 9.99. The van der Waals surface area contributed by atoms with Crippen LogP contribution in [-0.4, -0.2) is 66.7 Å². The molecule has 0 saturated heterocycles. The van der Waals surface area contributed by atoms with Crippen molar-refractivity contribution in [1.29, 1.82) is 0 Å². The first kappa shape index (κ1) is 30.8. The van der Waals surface area contributed by atoms with Crippen LogP contribution in [0.3, 0.4) is 0 Å². The highest BCUT2D eigenvalue weighted by molar-refractivity contribution is 6.07. The zero-order valence-electron chi connectivity index (χ0n) is 25.4. The number of fused-ring (bicyclic) bond motifs is 2. The van der Waals surface area contributed by atoms with Crippen LogP contribution in [0.1, 0.15) is 40.7 Å². The number of methoxy groups -OCH3 is 3. The van der Waals surface area contributed by atoms with Crippen molar-refractivity contribution in [1.82, 2.24) is 15.3 Å². The van der Waals surface area contributed by atoms with Gasteiger partial charge in [-0.05, 0) is 73.2 Å². The SMILES string of the molecule is COc1cc(-c2cc(C(=O)N[C@@H](CO)Cc3c[nH]c4ccccc34)c3cc(CCCCCO)ccc3n2)cc(OC)c1OC. The van der Waals surface area contributed by atoms with Gasteiger partial charge in [-0.25, -0.2) is 4.98 Å². The number of carbonyl (C=O) groups excluding carboxylic acids is 1. The van der Waals surface area contributed by atoms with Gasteiger partial charge in [-0.15, -0.1) is 0 Å². The lowest BCUT2D eigenvalue weighted by Gasteiger charge is -2.18. The summed E-state index contributed by atoms with van der Waals surface area (Å²) in [6, 6.07) is 18.8. The van der Waals surface area contributed by atoms with Crippen molar-refractivity contribution in [3.63, 3.8) is 0 Å². The molecular formula is C35H39N3O6. The van der Waals surface area contributed by atoms with E-state index in [1.807, 2.05) is 48.7 Å². The highest BCUT2D eigenvalue weighted by atomic mass is 16.5. The van der Waals surface area contributed by atoms with Crippen molar-refractivity contribution < 1.29 is 29.2 Å². The number of unbranched alkanes of at least 4 members (excludes halogenated alkanes) is 2. The molecule has 3 aromatic carbocycles. The average Bonchev–Trinajstić information content (AvgIpc) is 3.47. The Hall–Kier alpha value is -4.60. The first-order valence-corrected chi connectivity index (χ1v) is 14.8. The van der Waals surface area contributed by atoms with E-state index < -0.39 is 6.04 Å². The van der Waals surface area contributed by atoms with Crippen LogP contribution in [-0.2, 0) is 12.8 Å². The summed E-state index contributed by atoms with van der Waals surface area (Å²) in [7, 11) is 4.66. The predicted molar refractivity (Wildman–Crippen MR) is 172 cm³/mol. The van der Waals surface area contributed by atoms with Crippen LogP contribution in [0.5, 0.6) is 17.2 Å². The van der Waals surface area contributed by atoms with Crippen molar-refractivity contribution in [2.75, 3.05) is 34.5 Å². The molecule has 0 aliphatic heterocycles. The fourth-order valence-electron chi connectivity index (χ4n) is 5.60. The molecule has 2 aromatic heterocycles. The summed E-state index contributed by atoms with van der Waals surface area (Å²) in [4.78, 5) is 22.2. The molecule has 9 heteroatoms. The van der Waals surface area contributed by atoms with E-state index in [1.165, 1.54) is 0 Å². The number of para-hydroxylation sites is 1. The van der Waals surface area contributed by atoms with E-state index in [1.54, 1.807) is 39.5 Å². The average molecular weight is 598 g/mol. The predicted octanol–water partition coefficient (Wildman–Crippen LogP) is 5.45. The largest absolute Gasteiger partial charge is 0.493 e. The fourth-order valence-corrected chi connectivity index (χ4v) is 5.60. The van der Waals surface area contributed by atoms with Gasteiger partial charge in [0.15, 0.2) is 11.5 Å². The second-order valence-corrected chi connectivity index (χ2v) is 10.8. The molecule has 1 amide bonds. The molecule has 0 saturated carbocycles. The summed E-state index contributed by atoms with van der Waals surface area (Å²) < 4.78 is 16.6. The van der Waals surface area contributed by atoms with E-state index in [0.717, 1.165) is 53.1 Å². The minimum absolute atomic E-state index is 0.181. The summed E-state index contributed by atoms with van der Waals surface area (Å²) in [5.41, 5.74) is 5.49. The van der Waals surface area contributed by atoms with E-state index in [2.05, 4.69) is 10.3 Å². The number of aromatic nitrogens is 2. The maximum Gasteiger partial charge on any atom is 0.252 e. The monoisotopic (exact) mass is 597 g/mol. The Morgan fingerprint density at radius 1 is 0.909 bits per heavy atom. The minimum Gasteiger partial charge on any atom is -0.493 e. The number of ether oxygens (including phenoxy) is 3. The van der Waals surface area contributed by atoms with Crippen LogP contribution < -0.4 is 19.5 Å². The van der Waals surface area contributed by atoms with Crippen LogP contribution >= 0.6 is 0 Å². The lowest BCUT2D eigenvalue weighted by molar-refractivity contribution is 0.0918. The van der Waals surface area contributed by atoms with Gasteiger partial charge >= 0.3 is 0 Å². The van der Waals surface area contributed by atoms with Crippen molar-refractivity contribution in [2.24, 2.45) is 0 Å². The Morgan fingerprint density at radius 2 is 1.68 bits per heavy atom. The topological polar surface area (TPSA) is 126 Å². The van der Waals surface area contributed by atoms with E-state index >= 15 is 0 Å². The third-order valence-electron chi connectivity index (χ3n) is 7.90. The normalized spacial score (nSPS) is 11.9. The first-order chi connectivity index (χ1) is 21.5. The molecule has 5 aromatic rings. The van der Waals surface area contributed by atoms with Gasteiger partial charge in [-0.3, -0.25) is 4.79 Å². The van der Waals surface area contributed by atoms with Gasteiger partial charge in [0.25, 0.3) is 5.91 Å². The number of amides is 1. The summed E-state index contributed by atoms with van der Waals surface area (Å²) in [5, 5.41) is 24.3. The molecule has 4 N–H and O–H groups in total. The lowest BCUT2D eigenvalue weighted by atomic mass is 9.98. The number of aliphatic hydroxyl groups is 2. The maximum atomic E-state index is 14.0. The zero-order chi connectivity index (χ0) is 31.1. The summed E-state index contributed by atoms with van der Waals surface area (Å²) >= 11 is 0. The maximum absolute atomic E-state index is 14.0. The number of carbonyl (C=O) groups is 1. The van der Waals surface area contributed by atoms with Gasteiger partial charge < -0.3 is 34.7 Å². The van der Waals surface area contributed by atoms with Crippen LogP contribution in [0, 0.1) is 0 Å². The number of aliphatic hydroxyl groups excluding tert-OH is 2. The summed E-state index contributed by atoms with van der Waals surface area (Å²) in [5.74, 6) is 1.12. The molecule has 230 valence electrons. The first-order valence-electron chi connectivity index (χ1n) is 14.8. The molecule has 0 radical (unpaired) electrons. The van der Waals surface area contributed by atoms with E-state index in [-0.39, 0.29) is 19.1 Å². The molecule has 0 bridgehead atoms. The van der Waals surface area contributed by atoms with Gasteiger partial charge in [0.1, 0.15) is 0 Å². The summed E-state index contributed by atoms with van der Waals surface area (Å²) in [6.07, 6.45) is 5.83. The van der Waals surface area contributed by atoms with Crippen LogP contribution in [0.4, 0.5) is 0 Å². The molecule has 0 fully saturated rings. The number of hydrogen-bond donors (Lipinski definition) is 4. The van der Waals surface area contributed by atoms with Crippen molar-refractivity contribution in [2.45, 2.75) is 38.1 Å². The van der Waals surface area contributed by atoms with E-state index in [0.29, 0.717) is 46.0 Å². The minimum atomic E-state index is -0.504. The van der Waals surface area contributed by atoms with Gasteiger partial charge in [0.05, 0.1) is 50.8 Å². The number of rotatable bonds is 14. The van der Waals surface area contributed by atoms with Crippen molar-refractivity contribution >= 4 is 27.7 Å². The molecule has 9 nitrogen and oxygen atoms in total. The van der Waals surface area contributed by atoms with E-state index in [9.17, 15) is 9.90 Å². The Bertz CT molecular complexity index is 1720. The van der Waals surface area contributed by atoms with Crippen LogP contribution in [0.15, 0.2) is 66.9 Å². The molecule has 0 aliphatic carbocycles. The quantitative estimate of drug-likeness (QED) is 0.126. The standard InChI is InChI=1S/C35H39N3O6/c1-42-32-17-23(18-33(43-2)34(32)44-3)31-19-28(27-15-22(9-5-4-8-14-39)12-13-30(27)38-31)35(41)37-25(21-40)16-24-20-36-29-11-7-6-10-26(24)29/h6-7,10-13,15,17-20,25,36,39-40H,4-5,8-9,14,16,21H2,1-3H3,(H,37,41)/t25-/m1/s1. The highest BCUT2D eigenvalue weighted by Gasteiger charge is 2.21. The molecule has 0 aliphatic rings. The highest BCUT2D eigenvalue weighted by Crippen LogP contribution is 2.41. The molecular weight excluding hydrogens is 558 g/mol. The van der Waals surface area contributed by atoms with Crippen molar-refractivity contribution in [3.8, 4) is 28.5 Å². The van der Waals surface area contributed by atoms with Gasteiger partial charge in [0.2, 0.25) is 5.75 Å². The number of pyridine rings is 1. The van der Waals surface area contributed by atoms with Gasteiger partial charge in [-0.1, -0.05) is 30.7 Å². The second-order valence-electron chi connectivity index (χ2n) is 10.8. The third kappa shape index (κ3) is 6.64. The molecule has 2 heterocycles. The number of nitrogens with zero attached hydrogens (tertiary/aromatic N) is 1. The number of H-pyrrole nitrogens is 1. The third-order valence-corrected chi connectivity index (χ3v) is 7.90. The Balaban J connectivity index is 1.54. The Morgan fingerprint density at radius 3 is 2.39 bits per heavy atom. The Labute approximate surface area is 256 Å². The molecule has 5 rings (SSSR count). The lowest BCUT2D eigenvalue weighted by Crippen LogP contribution is -2.39. The van der Waals surface area contributed by atoms with Crippen LogP contribution in [0.25, 0.3) is 33.1 Å². The number of aryl methyl sites for hydroxylation is 1. The van der Waals surface area contributed by atoms with Gasteiger partial charge in [-0.2, -0.15) is 0 Å². The number of aromatic amines is 1. The smallest absolute Gasteiger partial charge is 0.252 e. The zero-order valence-corrected chi connectivity index (χ0v) is 25.4. The number of benzene rings is 3. The summed E-state index contributed by atoms with van der Waals surface area (Å²) in [6.45, 7) is -0.0374. The van der Waals surface area contributed by atoms with Crippen LogP contribution in [0.2, 0.25) is 0 Å². The molecule has 1 atom stereocenters. The fraction of sp³-hybridized carbons (Fsp3) is 0.314. The molecule has 44 heavy (non-hydrogen) atoms. The number of nitrogens with one attached hydrogen (secondary N) is 2.